The zero-order valence-electron chi connectivity index (χ0n) is 22.2. The molecule has 1 aliphatic heterocycles. The summed E-state index contributed by atoms with van der Waals surface area (Å²) in [6.45, 7) is 5.92. The van der Waals surface area contributed by atoms with Crippen molar-refractivity contribution in [2.45, 2.75) is 45.4 Å². The molecule has 2 aliphatic rings. The maximum Gasteiger partial charge on any atom is 0.336 e. The molecule has 200 valence electrons. The maximum absolute atomic E-state index is 13.8. The van der Waals surface area contributed by atoms with Crippen LogP contribution in [0.2, 0.25) is 0 Å². The smallest absolute Gasteiger partial charge is 0.336 e. The molecule has 0 spiro atoms. The molecule has 2 aromatic carbocycles. The highest BCUT2D eigenvalue weighted by atomic mass is 16.6. The number of ether oxygens (including phenoxy) is 3. The Hall–Kier alpha value is -4.14. The number of carbonyl (C=O) groups is 2. The molecule has 1 heterocycles. The number of hydrogen-bond donors (Lipinski definition) is 1. The molecule has 0 bridgehead atoms. The molecule has 0 fully saturated rings. The summed E-state index contributed by atoms with van der Waals surface area (Å²) in [5.41, 5.74) is 3.68. The lowest BCUT2D eigenvalue weighted by Crippen LogP contribution is -2.36. The Morgan fingerprint density at radius 2 is 1.71 bits per heavy atom. The van der Waals surface area contributed by atoms with Crippen molar-refractivity contribution in [2.24, 2.45) is 5.92 Å². The molecule has 0 unspecified atom stereocenters. The second kappa shape index (κ2) is 11.1. The van der Waals surface area contributed by atoms with Gasteiger partial charge in [0, 0.05) is 41.4 Å². The Morgan fingerprint density at radius 3 is 2.32 bits per heavy atom. The van der Waals surface area contributed by atoms with Crippen LogP contribution in [-0.4, -0.2) is 37.5 Å². The maximum atomic E-state index is 13.8. The summed E-state index contributed by atoms with van der Waals surface area (Å²) in [6.07, 6.45) is 0.790. The number of nitrogens with zero attached hydrogens (tertiary/aromatic N) is 1. The van der Waals surface area contributed by atoms with Gasteiger partial charge in [-0.3, -0.25) is 14.9 Å². The van der Waals surface area contributed by atoms with E-state index in [9.17, 15) is 19.7 Å². The number of rotatable bonds is 8. The molecule has 38 heavy (non-hydrogen) atoms. The minimum atomic E-state index is -0.689. The second-order valence-corrected chi connectivity index (χ2v) is 9.97. The Labute approximate surface area is 221 Å². The molecule has 0 aromatic heterocycles. The lowest BCUT2D eigenvalue weighted by Gasteiger charge is -2.36. The lowest BCUT2D eigenvalue weighted by molar-refractivity contribution is -0.384. The number of dihydropyridines is 1. The number of carbonyl (C=O) groups excluding carboxylic acids is 2. The minimum Gasteiger partial charge on any atom is -0.493 e. The monoisotopic (exact) mass is 520 g/mol. The zero-order valence-corrected chi connectivity index (χ0v) is 22.2. The molecule has 0 saturated carbocycles. The van der Waals surface area contributed by atoms with Crippen molar-refractivity contribution in [1.29, 1.82) is 0 Å². The number of nitro benzene ring substituents is 1. The van der Waals surface area contributed by atoms with Gasteiger partial charge in [-0.25, -0.2) is 4.79 Å². The third kappa shape index (κ3) is 5.27. The van der Waals surface area contributed by atoms with Crippen LogP contribution in [0.4, 0.5) is 5.69 Å². The molecule has 1 aliphatic carbocycles. The van der Waals surface area contributed by atoms with Crippen molar-refractivity contribution in [1.82, 2.24) is 5.32 Å². The Morgan fingerprint density at radius 1 is 1.05 bits per heavy atom. The number of nitro groups is 1. The third-order valence-electron chi connectivity index (χ3n) is 6.91. The fourth-order valence-corrected chi connectivity index (χ4v) is 5.09. The number of hydrogen-bond acceptors (Lipinski definition) is 8. The summed E-state index contributed by atoms with van der Waals surface area (Å²) in [5, 5.41) is 14.6. The van der Waals surface area contributed by atoms with Gasteiger partial charge in [-0.1, -0.05) is 32.0 Å². The van der Waals surface area contributed by atoms with Crippen LogP contribution in [0, 0.1) is 16.0 Å². The van der Waals surface area contributed by atoms with Gasteiger partial charge in [0.2, 0.25) is 0 Å². The first-order valence-electron chi connectivity index (χ1n) is 12.5. The fraction of sp³-hybridized carbons (Fsp3) is 0.379. The molecule has 2 aromatic rings. The number of allylic oxidation sites excluding steroid dienone is 3. The van der Waals surface area contributed by atoms with Crippen molar-refractivity contribution in [2.75, 3.05) is 20.8 Å². The van der Waals surface area contributed by atoms with Crippen molar-refractivity contribution < 1.29 is 28.7 Å². The Kier molecular flexibility index (Phi) is 7.85. The average Bonchev–Trinajstić information content (AvgIpc) is 2.90. The number of ketones is 1. The van der Waals surface area contributed by atoms with Gasteiger partial charge in [-0.15, -0.1) is 0 Å². The quantitative estimate of drug-likeness (QED) is 0.288. The van der Waals surface area contributed by atoms with Gasteiger partial charge in [-0.05, 0) is 48.4 Å². The van der Waals surface area contributed by atoms with E-state index in [0.717, 1.165) is 11.3 Å². The fourth-order valence-electron chi connectivity index (χ4n) is 5.09. The van der Waals surface area contributed by atoms with Crippen LogP contribution in [0.3, 0.4) is 0 Å². The van der Waals surface area contributed by atoms with E-state index in [0.29, 0.717) is 40.3 Å². The van der Waals surface area contributed by atoms with Crippen LogP contribution in [-0.2, 0) is 14.3 Å². The van der Waals surface area contributed by atoms with Gasteiger partial charge >= 0.3 is 5.97 Å². The van der Waals surface area contributed by atoms with E-state index >= 15 is 0 Å². The summed E-state index contributed by atoms with van der Waals surface area (Å²) < 4.78 is 16.4. The van der Waals surface area contributed by atoms with E-state index in [1.807, 2.05) is 32.0 Å². The van der Waals surface area contributed by atoms with Crippen LogP contribution in [0.5, 0.6) is 11.5 Å². The predicted octanol–water partition coefficient (Wildman–Crippen LogP) is 5.17. The van der Waals surface area contributed by atoms with Crippen LogP contribution >= 0.6 is 0 Å². The number of benzene rings is 2. The second-order valence-electron chi connectivity index (χ2n) is 9.97. The molecular weight excluding hydrogens is 488 g/mol. The predicted molar refractivity (Wildman–Crippen MR) is 141 cm³/mol. The molecule has 2 atom stereocenters. The highest BCUT2D eigenvalue weighted by Gasteiger charge is 2.41. The number of non-ortho nitro benzene ring substituents is 1. The molecule has 0 radical (unpaired) electrons. The van der Waals surface area contributed by atoms with Gasteiger partial charge in [0.25, 0.3) is 5.69 Å². The van der Waals surface area contributed by atoms with Crippen molar-refractivity contribution in [3.8, 4) is 11.5 Å². The summed E-state index contributed by atoms with van der Waals surface area (Å²) in [4.78, 5) is 37.8. The van der Waals surface area contributed by atoms with Gasteiger partial charge < -0.3 is 19.5 Å². The molecule has 0 saturated heterocycles. The lowest BCUT2D eigenvalue weighted by atomic mass is 9.71. The highest BCUT2D eigenvalue weighted by molar-refractivity contribution is 6.04. The average molecular weight is 521 g/mol. The van der Waals surface area contributed by atoms with E-state index in [1.165, 1.54) is 12.1 Å². The third-order valence-corrected chi connectivity index (χ3v) is 6.91. The number of Topliss-reactive ketones (excluding diaryl/α,β-unsaturated/α-hetero) is 1. The van der Waals surface area contributed by atoms with Crippen LogP contribution in [0.25, 0.3) is 0 Å². The van der Waals surface area contributed by atoms with Crippen LogP contribution in [0.15, 0.2) is 65.0 Å². The van der Waals surface area contributed by atoms with Gasteiger partial charge in [0.05, 0.1) is 31.3 Å². The number of esters is 1. The van der Waals surface area contributed by atoms with E-state index in [1.54, 1.807) is 33.3 Å². The SMILES string of the molecule is COc1ccc([C@@H]2CC(=O)C3=C(C2)NC(C)=C(C(=O)OCC(C)C)[C@@H]3c2ccc([N+](=O)[O-])cc2)cc1OC. The topological polar surface area (TPSA) is 117 Å². The van der Waals surface area contributed by atoms with Gasteiger partial charge in [-0.2, -0.15) is 0 Å². The first-order valence-corrected chi connectivity index (χ1v) is 12.5. The molecule has 0 amide bonds. The van der Waals surface area contributed by atoms with Gasteiger partial charge in [0.15, 0.2) is 17.3 Å². The van der Waals surface area contributed by atoms with Crippen molar-refractivity contribution >= 4 is 17.4 Å². The molecule has 4 rings (SSSR count). The zero-order chi connectivity index (χ0) is 27.6. The van der Waals surface area contributed by atoms with Gasteiger partial charge in [0.1, 0.15) is 0 Å². The Bertz CT molecular complexity index is 1320. The first kappa shape index (κ1) is 26.9. The number of methoxy groups -OCH3 is 2. The highest BCUT2D eigenvalue weighted by Crippen LogP contribution is 2.46. The van der Waals surface area contributed by atoms with Crippen LogP contribution in [0.1, 0.15) is 56.6 Å². The van der Waals surface area contributed by atoms with E-state index in [4.69, 9.17) is 14.2 Å². The normalized spacial score (nSPS) is 19.2. The summed E-state index contributed by atoms with van der Waals surface area (Å²) in [7, 11) is 3.14. The summed E-state index contributed by atoms with van der Waals surface area (Å²) >= 11 is 0. The molecule has 9 heteroatoms. The van der Waals surface area contributed by atoms with Crippen LogP contribution < -0.4 is 14.8 Å². The number of nitrogens with one attached hydrogen (secondary N) is 1. The minimum absolute atomic E-state index is 0.0648. The Balaban J connectivity index is 1.76. The largest absolute Gasteiger partial charge is 0.493 e. The molecular formula is C29H32N2O7. The summed E-state index contributed by atoms with van der Waals surface area (Å²) in [6, 6.07) is 11.6. The van der Waals surface area contributed by atoms with E-state index < -0.39 is 16.8 Å². The van der Waals surface area contributed by atoms with E-state index in [-0.39, 0.29) is 36.3 Å². The summed E-state index contributed by atoms with van der Waals surface area (Å²) in [5.74, 6) is -0.0575. The van der Waals surface area contributed by atoms with Crippen molar-refractivity contribution in [3.63, 3.8) is 0 Å². The molecule has 1 N–H and O–H groups in total. The standard InChI is InChI=1S/C29H32N2O7/c1-16(2)15-38-29(33)26-17(3)30-22-12-20(19-8-11-24(36-4)25(14-19)37-5)13-23(32)28(22)27(26)18-6-9-21(10-7-18)31(34)35/h6-11,14,16,20,27,30H,12-13,15H2,1-5H3/t20-,27-/m0/s1. The molecule has 9 nitrogen and oxygen atoms in total. The van der Waals surface area contributed by atoms with E-state index in [2.05, 4.69) is 5.32 Å². The van der Waals surface area contributed by atoms with Crippen molar-refractivity contribution in [3.05, 3.63) is 86.2 Å². The first-order chi connectivity index (χ1) is 18.1.